The van der Waals surface area contributed by atoms with Gasteiger partial charge in [0.25, 0.3) is 0 Å². The van der Waals surface area contributed by atoms with Crippen LogP contribution < -0.4 is 16.8 Å². The lowest BCUT2D eigenvalue weighted by atomic mass is 10.1. The summed E-state index contributed by atoms with van der Waals surface area (Å²) < 4.78 is 0. The van der Waals surface area contributed by atoms with Crippen molar-refractivity contribution in [1.82, 2.24) is 5.32 Å². The first kappa shape index (κ1) is 22.3. The molecule has 6 nitrogen and oxygen atoms in total. The van der Waals surface area contributed by atoms with Crippen molar-refractivity contribution in [3.8, 4) is 0 Å². The summed E-state index contributed by atoms with van der Waals surface area (Å²) in [5.74, 6) is -0.724. The van der Waals surface area contributed by atoms with Crippen LogP contribution in [0.3, 0.4) is 0 Å². The van der Waals surface area contributed by atoms with Gasteiger partial charge in [0, 0.05) is 12.3 Å². The number of nitrogens with two attached hydrogens (primary N) is 2. The predicted molar refractivity (Wildman–Crippen MR) is 92.0 cm³/mol. The lowest BCUT2D eigenvalue weighted by molar-refractivity contribution is -0.137. The van der Waals surface area contributed by atoms with E-state index in [0.717, 1.165) is 13.0 Å². The average molecular weight is 321 g/mol. The van der Waals surface area contributed by atoms with E-state index >= 15 is 0 Å². The van der Waals surface area contributed by atoms with Crippen LogP contribution in [0, 0.1) is 5.41 Å². The molecule has 21 heavy (non-hydrogen) atoms. The van der Waals surface area contributed by atoms with E-state index in [-0.39, 0.29) is 11.7 Å². The highest BCUT2D eigenvalue weighted by atomic mass is 32.1. The fraction of sp³-hybridized carbons (Fsp3) is 0.857. The largest absolute Gasteiger partial charge is 0.480 e. The van der Waals surface area contributed by atoms with Gasteiger partial charge < -0.3 is 21.9 Å². The lowest BCUT2D eigenvalue weighted by Crippen LogP contribution is -2.31. The van der Waals surface area contributed by atoms with Crippen molar-refractivity contribution in [3.63, 3.8) is 0 Å². The van der Waals surface area contributed by atoms with Crippen molar-refractivity contribution >= 4 is 24.6 Å². The molecule has 7 N–H and O–H groups in total. The molecule has 0 unspecified atom stereocenters. The van der Waals surface area contributed by atoms with Gasteiger partial charge in [-0.3, -0.25) is 10.2 Å². The zero-order valence-corrected chi connectivity index (χ0v) is 14.0. The van der Waals surface area contributed by atoms with Crippen LogP contribution in [0.1, 0.15) is 58.3 Å². The Morgan fingerprint density at radius 2 is 1.67 bits per heavy atom. The van der Waals surface area contributed by atoms with Gasteiger partial charge in [0.1, 0.15) is 6.04 Å². The second-order valence-corrected chi connectivity index (χ2v) is 5.31. The molecule has 0 saturated carbocycles. The summed E-state index contributed by atoms with van der Waals surface area (Å²) >= 11 is 3.65. The van der Waals surface area contributed by atoms with Gasteiger partial charge in [-0.2, -0.15) is 12.6 Å². The van der Waals surface area contributed by atoms with Crippen LogP contribution in [0.5, 0.6) is 0 Å². The monoisotopic (exact) mass is 320 g/mol. The molecule has 0 amide bonds. The van der Waals surface area contributed by atoms with E-state index in [1.165, 1.54) is 44.9 Å². The molecule has 0 rings (SSSR count). The molecule has 0 aromatic heterocycles. The maximum Gasteiger partial charge on any atom is 0.321 e. The Labute approximate surface area is 134 Å². The van der Waals surface area contributed by atoms with Crippen molar-refractivity contribution in [2.24, 2.45) is 11.5 Å². The van der Waals surface area contributed by atoms with Gasteiger partial charge in [-0.1, -0.05) is 51.9 Å². The van der Waals surface area contributed by atoms with E-state index in [9.17, 15) is 4.79 Å². The Hall–Kier alpha value is -0.950. The molecule has 0 bridgehead atoms. The fourth-order valence-corrected chi connectivity index (χ4v) is 1.72. The van der Waals surface area contributed by atoms with Gasteiger partial charge in [-0.25, -0.2) is 0 Å². The Morgan fingerprint density at radius 1 is 1.19 bits per heavy atom. The summed E-state index contributed by atoms with van der Waals surface area (Å²) in [6, 6.07) is -0.816. The number of rotatable bonds is 11. The molecule has 0 radical (unpaired) electrons. The van der Waals surface area contributed by atoms with Gasteiger partial charge in [-0.05, 0) is 6.42 Å². The van der Waals surface area contributed by atoms with Crippen molar-refractivity contribution in [1.29, 1.82) is 5.41 Å². The van der Waals surface area contributed by atoms with Crippen molar-refractivity contribution in [2.45, 2.75) is 64.3 Å². The summed E-state index contributed by atoms with van der Waals surface area (Å²) in [7, 11) is 0. The van der Waals surface area contributed by atoms with Crippen molar-refractivity contribution < 1.29 is 9.90 Å². The minimum absolute atomic E-state index is 0.0907. The fourth-order valence-electron chi connectivity index (χ4n) is 1.56. The number of guanidine groups is 1. The normalized spacial score (nSPS) is 11.2. The molecule has 0 aromatic carbocycles. The molecule has 0 heterocycles. The van der Waals surface area contributed by atoms with Crippen LogP contribution in [-0.4, -0.2) is 35.4 Å². The third kappa shape index (κ3) is 21.5. The second-order valence-electron chi connectivity index (χ2n) is 4.94. The first-order chi connectivity index (χ1) is 9.95. The highest BCUT2D eigenvalue weighted by Gasteiger charge is 2.06. The van der Waals surface area contributed by atoms with Gasteiger partial charge in [0.2, 0.25) is 0 Å². The number of thiol groups is 1. The number of carbonyl (C=O) groups is 1. The molecule has 7 heteroatoms. The smallest absolute Gasteiger partial charge is 0.321 e. The number of unbranched alkanes of at least 4 members (excludes halogenated alkanes) is 7. The Kier molecular flexibility index (Phi) is 18.2. The minimum atomic E-state index is -1.00. The number of hydrogen-bond acceptors (Lipinski definition) is 4. The number of carboxylic acids is 1. The first-order valence-electron chi connectivity index (χ1n) is 7.62. The summed E-state index contributed by atoms with van der Waals surface area (Å²) in [5, 5.41) is 17.8. The number of carboxylic acid groups (broad SMARTS) is 1. The number of hydrogen-bond donors (Lipinski definition) is 6. The molecule has 0 aliphatic heterocycles. The molecule has 0 fully saturated rings. The van der Waals surface area contributed by atoms with E-state index in [1.54, 1.807) is 0 Å². The zero-order valence-electron chi connectivity index (χ0n) is 13.1. The van der Waals surface area contributed by atoms with Gasteiger partial charge in [-0.15, -0.1) is 0 Å². The minimum Gasteiger partial charge on any atom is -0.480 e. The third-order valence-corrected chi connectivity index (χ3v) is 3.25. The molecule has 126 valence electrons. The summed E-state index contributed by atoms with van der Waals surface area (Å²) in [5.41, 5.74) is 10.1. The predicted octanol–water partition coefficient (Wildman–Crippen LogP) is 1.94. The number of aliphatic carboxylic acids is 1. The molecule has 1 atom stereocenters. The summed E-state index contributed by atoms with van der Waals surface area (Å²) in [6.45, 7) is 3.09. The summed E-state index contributed by atoms with van der Waals surface area (Å²) in [6.07, 6.45) is 10.5. The molecule has 0 aromatic rings. The topological polar surface area (TPSA) is 125 Å². The molecule has 0 aliphatic rings. The highest BCUT2D eigenvalue weighted by Crippen LogP contribution is 2.07. The maximum absolute atomic E-state index is 9.76. The van der Waals surface area contributed by atoms with Crippen LogP contribution >= 0.6 is 12.6 Å². The van der Waals surface area contributed by atoms with Gasteiger partial charge in [0.15, 0.2) is 5.96 Å². The van der Waals surface area contributed by atoms with Crippen LogP contribution in [0.2, 0.25) is 0 Å². The first-order valence-corrected chi connectivity index (χ1v) is 8.26. The van der Waals surface area contributed by atoms with E-state index in [4.69, 9.17) is 22.0 Å². The van der Waals surface area contributed by atoms with E-state index in [1.807, 2.05) is 0 Å². The quantitative estimate of drug-likeness (QED) is 0.150. The number of nitrogens with one attached hydrogen (secondary N) is 2. The maximum atomic E-state index is 9.76. The molecule has 0 saturated heterocycles. The zero-order chi connectivity index (χ0) is 16.5. The molecular weight excluding hydrogens is 288 g/mol. The van der Waals surface area contributed by atoms with Crippen LogP contribution in [0.25, 0.3) is 0 Å². The highest BCUT2D eigenvalue weighted by molar-refractivity contribution is 7.80. The van der Waals surface area contributed by atoms with E-state index < -0.39 is 12.0 Å². The standard InChI is InChI=1S/C11H25N3.C3H7NO2S/c1-2-3-4-5-6-7-8-9-10-14-11(12)13;4-2(1-7)3(5)6/h2-10H2,1H3,(H4,12,13,14);2,7H,1,4H2,(H,5,6)/t;2-/m.0/s1. The van der Waals surface area contributed by atoms with Crippen molar-refractivity contribution in [2.75, 3.05) is 12.3 Å². The SMILES string of the molecule is CCCCCCCCCCNC(=N)N.N[C@@H](CS)C(=O)O. The van der Waals surface area contributed by atoms with Crippen LogP contribution in [0.15, 0.2) is 0 Å². The van der Waals surface area contributed by atoms with Crippen LogP contribution in [-0.2, 0) is 4.79 Å². The lowest BCUT2D eigenvalue weighted by Gasteiger charge is -2.03. The third-order valence-electron chi connectivity index (χ3n) is 2.86. The van der Waals surface area contributed by atoms with E-state index in [2.05, 4.69) is 24.9 Å². The van der Waals surface area contributed by atoms with Gasteiger partial charge >= 0.3 is 5.97 Å². The summed E-state index contributed by atoms with van der Waals surface area (Å²) in [4.78, 5) is 9.76. The Balaban J connectivity index is 0. The Bertz CT molecular complexity index is 265. The molecule has 0 aliphatic carbocycles. The van der Waals surface area contributed by atoms with Crippen LogP contribution in [0.4, 0.5) is 0 Å². The van der Waals surface area contributed by atoms with E-state index in [0.29, 0.717) is 0 Å². The second kappa shape index (κ2) is 17.1. The van der Waals surface area contributed by atoms with Crippen molar-refractivity contribution in [3.05, 3.63) is 0 Å². The molecule has 0 spiro atoms. The molecular formula is C14H32N4O2S. The van der Waals surface area contributed by atoms with Gasteiger partial charge in [0.05, 0.1) is 0 Å². The average Bonchev–Trinajstić information content (AvgIpc) is 2.45. The Morgan fingerprint density at radius 3 is 2.00 bits per heavy atom.